The SMILES string of the molecule is Cc1cc2cc(Br)c(=O)oc2cc1C. The number of aryl methyl sites for hydroxylation is 2. The lowest BCUT2D eigenvalue weighted by Crippen LogP contribution is -1.98. The third-order valence-electron chi connectivity index (χ3n) is 2.31. The molecule has 2 aromatic rings. The van der Waals surface area contributed by atoms with Crippen molar-refractivity contribution in [2.24, 2.45) is 0 Å². The quantitative estimate of drug-likeness (QED) is 0.675. The highest BCUT2D eigenvalue weighted by Crippen LogP contribution is 2.20. The third kappa shape index (κ3) is 1.48. The van der Waals surface area contributed by atoms with E-state index in [0.717, 1.165) is 10.9 Å². The molecule has 0 saturated heterocycles. The maximum Gasteiger partial charge on any atom is 0.350 e. The first kappa shape index (κ1) is 9.46. The van der Waals surface area contributed by atoms with E-state index in [1.165, 1.54) is 5.56 Å². The van der Waals surface area contributed by atoms with Gasteiger partial charge in [-0.1, -0.05) is 0 Å². The molecule has 14 heavy (non-hydrogen) atoms. The van der Waals surface area contributed by atoms with Crippen molar-refractivity contribution in [2.75, 3.05) is 0 Å². The first-order valence-electron chi connectivity index (χ1n) is 4.28. The Bertz CT molecular complexity index is 555. The Morgan fingerprint density at radius 2 is 1.79 bits per heavy atom. The molecule has 0 saturated carbocycles. The van der Waals surface area contributed by atoms with Crippen LogP contribution in [0.4, 0.5) is 0 Å². The number of benzene rings is 1. The molecule has 0 spiro atoms. The van der Waals surface area contributed by atoms with Gasteiger partial charge in [-0.25, -0.2) is 4.79 Å². The lowest BCUT2D eigenvalue weighted by molar-refractivity contribution is 0.556. The Morgan fingerprint density at radius 1 is 1.14 bits per heavy atom. The minimum absolute atomic E-state index is 0.333. The van der Waals surface area contributed by atoms with Crippen molar-refractivity contribution in [3.63, 3.8) is 0 Å². The molecule has 2 rings (SSSR count). The van der Waals surface area contributed by atoms with Gasteiger partial charge in [0, 0.05) is 5.39 Å². The monoisotopic (exact) mass is 252 g/mol. The summed E-state index contributed by atoms with van der Waals surface area (Å²) in [5, 5.41) is 0.944. The van der Waals surface area contributed by atoms with E-state index < -0.39 is 0 Å². The molecule has 2 nitrogen and oxygen atoms in total. The van der Waals surface area contributed by atoms with Crippen molar-refractivity contribution >= 4 is 26.9 Å². The summed E-state index contributed by atoms with van der Waals surface area (Å²) in [5.41, 5.74) is 2.63. The zero-order chi connectivity index (χ0) is 10.3. The molecule has 0 unspecified atom stereocenters. The summed E-state index contributed by atoms with van der Waals surface area (Å²) in [7, 11) is 0. The Hall–Kier alpha value is -1.09. The fourth-order valence-corrected chi connectivity index (χ4v) is 1.68. The Morgan fingerprint density at radius 3 is 2.50 bits per heavy atom. The van der Waals surface area contributed by atoms with Crippen LogP contribution < -0.4 is 5.63 Å². The second-order valence-corrected chi connectivity index (χ2v) is 4.21. The van der Waals surface area contributed by atoms with Gasteiger partial charge in [-0.15, -0.1) is 0 Å². The van der Waals surface area contributed by atoms with E-state index in [0.29, 0.717) is 10.1 Å². The van der Waals surface area contributed by atoms with Crippen LogP contribution in [-0.4, -0.2) is 0 Å². The van der Waals surface area contributed by atoms with Crippen LogP contribution in [0.3, 0.4) is 0 Å². The summed E-state index contributed by atoms with van der Waals surface area (Å²) < 4.78 is 5.59. The molecular weight excluding hydrogens is 244 g/mol. The lowest BCUT2D eigenvalue weighted by atomic mass is 10.1. The van der Waals surface area contributed by atoms with Crippen molar-refractivity contribution in [1.29, 1.82) is 0 Å². The predicted molar refractivity (Wildman–Crippen MR) is 59.7 cm³/mol. The van der Waals surface area contributed by atoms with Gasteiger partial charge in [0.1, 0.15) is 10.1 Å². The number of hydrogen-bond donors (Lipinski definition) is 0. The highest BCUT2D eigenvalue weighted by molar-refractivity contribution is 9.10. The van der Waals surface area contributed by atoms with Crippen LogP contribution in [0.5, 0.6) is 0 Å². The molecular formula is C11H9BrO2. The van der Waals surface area contributed by atoms with E-state index in [9.17, 15) is 4.79 Å². The molecule has 1 heterocycles. The van der Waals surface area contributed by atoms with Gasteiger partial charge in [-0.2, -0.15) is 0 Å². The molecule has 0 N–H and O–H groups in total. The van der Waals surface area contributed by atoms with Gasteiger partial charge in [0.2, 0.25) is 0 Å². The zero-order valence-corrected chi connectivity index (χ0v) is 9.51. The molecule has 0 atom stereocenters. The largest absolute Gasteiger partial charge is 0.422 e. The highest BCUT2D eigenvalue weighted by Gasteiger charge is 2.03. The predicted octanol–water partition coefficient (Wildman–Crippen LogP) is 3.17. The number of hydrogen-bond acceptors (Lipinski definition) is 2. The smallest absolute Gasteiger partial charge is 0.350 e. The normalized spacial score (nSPS) is 10.8. The average Bonchev–Trinajstić information content (AvgIpc) is 2.11. The Labute approximate surface area is 89.7 Å². The van der Waals surface area contributed by atoms with Gasteiger partial charge >= 0.3 is 5.63 Å². The molecule has 1 aromatic carbocycles. The first-order chi connectivity index (χ1) is 6.58. The van der Waals surface area contributed by atoms with Crippen LogP contribution >= 0.6 is 15.9 Å². The minimum atomic E-state index is -0.333. The molecule has 72 valence electrons. The van der Waals surface area contributed by atoms with Crippen molar-refractivity contribution in [3.8, 4) is 0 Å². The summed E-state index contributed by atoms with van der Waals surface area (Å²) in [6.07, 6.45) is 0. The molecule has 0 bridgehead atoms. The van der Waals surface area contributed by atoms with Gasteiger partial charge < -0.3 is 4.42 Å². The molecule has 0 aliphatic carbocycles. The van der Waals surface area contributed by atoms with Gasteiger partial charge in [-0.05, 0) is 59.1 Å². The van der Waals surface area contributed by atoms with Crippen LogP contribution in [0.1, 0.15) is 11.1 Å². The van der Waals surface area contributed by atoms with Gasteiger partial charge in [0.05, 0.1) is 0 Å². The molecule has 1 aromatic heterocycles. The fraction of sp³-hybridized carbons (Fsp3) is 0.182. The second-order valence-electron chi connectivity index (χ2n) is 3.36. The van der Waals surface area contributed by atoms with E-state index >= 15 is 0 Å². The van der Waals surface area contributed by atoms with Crippen LogP contribution in [0.25, 0.3) is 11.0 Å². The van der Waals surface area contributed by atoms with Gasteiger partial charge in [-0.3, -0.25) is 0 Å². The van der Waals surface area contributed by atoms with E-state index in [2.05, 4.69) is 15.9 Å². The standard InChI is InChI=1S/C11H9BrO2/c1-6-3-8-5-9(12)11(13)14-10(8)4-7(6)2/h3-5H,1-2H3. The molecule has 0 amide bonds. The van der Waals surface area contributed by atoms with Crippen LogP contribution in [0.15, 0.2) is 31.9 Å². The summed E-state index contributed by atoms with van der Waals surface area (Å²) in [6, 6.07) is 5.68. The molecule has 0 fully saturated rings. The molecule has 3 heteroatoms. The molecule has 0 aliphatic rings. The van der Waals surface area contributed by atoms with Crippen molar-refractivity contribution in [3.05, 3.63) is 44.2 Å². The summed E-state index contributed by atoms with van der Waals surface area (Å²) >= 11 is 3.15. The summed E-state index contributed by atoms with van der Waals surface area (Å²) in [5.74, 6) is 0. The van der Waals surface area contributed by atoms with Crippen molar-refractivity contribution in [1.82, 2.24) is 0 Å². The maximum atomic E-state index is 11.2. The Kier molecular flexibility index (Phi) is 2.19. The molecule has 0 aliphatic heterocycles. The van der Waals surface area contributed by atoms with Crippen LogP contribution in [0.2, 0.25) is 0 Å². The van der Waals surface area contributed by atoms with Crippen LogP contribution in [0, 0.1) is 13.8 Å². The van der Waals surface area contributed by atoms with E-state index in [1.807, 2.05) is 26.0 Å². The topological polar surface area (TPSA) is 30.2 Å². The number of rotatable bonds is 0. The second kappa shape index (κ2) is 3.24. The third-order valence-corrected chi connectivity index (χ3v) is 2.86. The van der Waals surface area contributed by atoms with Crippen molar-refractivity contribution in [2.45, 2.75) is 13.8 Å². The van der Waals surface area contributed by atoms with Crippen molar-refractivity contribution < 1.29 is 4.42 Å². The average molecular weight is 253 g/mol. The summed E-state index contributed by atoms with van der Waals surface area (Å²) in [4.78, 5) is 11.2. The van der Waals surface area contributed by atoms with E-state index in [4.69, 9.17) is 4.42 Å². The van der Waals surface area contributed by atoms with E-state index in [-0.39, 0.29) is 5.63 Å². The summed E-state index contributed by atoms with van der Waals surface area (Å²) in [6.45, 7) is 4.03. The Balaban J connectivity index is 2.90. The fourth-order valence-electron chi connectivity index (χ4n) is 1.36. The number of fused-ring (bicyclic) bond motifs is 1. The highest BCUT2D eigenvalue weighted by atomic mass is 79.9. The lowest BCUT2D eigenvalue weighted by Gasteiger charge is -2.02. The van der Waals surface area contributed by atoms with E-state index in [1.54, 1.807) is 6.07 Å². The maximum absolute atomic E-state index is 11.2. The first-order valence-corrected chi connectivity index (χ1v) is 5.08. The zero-order valence-electron chi connectivity index (χ0n) is 7.93. The van der Waals surface area contributed by atoms with Gasteiger partial charge in [0.25, 0.3) is 0 Å². The van der Waals surface area contributed by atoms with Gasteiger partial charge in [0.15, 0.2) is 0 Å². The molecule has 0 radical (unpaired) electrons. The number of halogens is 1. The minimum Gasteiger partial charge on any atom is -0.422 e. The van der Waals surface area contributed by atoms with Crippen LogP contribution in [-0.2, 0) is 0 Å².